The molecule has 0 spiro atoms. The molecule has 0 fully saturated rings. The number of aromatic nitrogens is 2. The van der Waals surface area contributed by atoms with Gasteiger partial charge in [-0.25, -0.2) is 12.6 Å². The van der Waals surface area contributed by atoms with Gasteiger partial charge in [-0.05, 0) is 115 Å². The van der Waals surface area contributed by atoms with E-state index >= 15 is 0 Å². The number of carbonyl (C=O) groups excluding carboxylic acids is 1. The van der Waals surface area contributed by atoms with Crippen molar-refractivity contribution in [2.75, 3.05) is 7.05 Å². The molecule has 628 valence electrons. The van der Waals surface area contributed by atoms with Crippen LogP contribution in [0.3, 0.4) is 0 Å². The highest BCUT2D eigenvalue weighted by atomic mass is 32.2. The molecule has 0 atom stereocenters. The summed E-state index contributed by atoms with van der Waals surface area (Å²) in [6.45, 7) is 79.1. The number of Topliss-reactive ketones (excluding diaryl/α,β-unsaturated/α-hetero) is 1. The van der Waals surface area contributed by atoms with Crippen LogP contribution in [0.15, 0.2) is 52.7 Å². The lowest BCUT2D eigenvalue weighted by atomic mass is 9.85. The van der Waals surface area contributed by atoms with Crippen molar-refractivity contribution < 1.29 is 39.2 Å². The maximum absolute atomic E-state index is 11.4. The van der Waals surface area contributed by atoms with Crippen molar-refractivity contribution in [3.05, 3.63) is 64.8 Å². The standard InChI is InChI=1S/C10H14O2.C9H17N3O2S.C8H14N2O2S.C8H14N2OS.C8H14N2S.C8H14N2.C8H15NO2.C7H14O.C7H14S.C6H14O2S/c1-5(2)7-8(6(3)4)10(12)9(7)11;1-6(2)8-10-15(13,14)11-9(7(3)4)12(8)5;1-5(2)7-8(6(3)4)10-13(11,12)9-7;1-5(2)7-8(6(3)4)10-12(11)9-7;1-5(2)7-8(6(3)4)10-11-9-7;1-6(2)8(7(3)4)10-5-9;1-6(2)8(7(3)4)5-9(10)11;2*1-5(2)7(8)6(3)4;1-5(2)9(7,8)6(3)4/h5-6H,1-4H3;6-7H,1-5H3;5-6H,1-4H3;5-6H,1-4H3;5-6H,1-4H3;6-7H,1-4H3;5-7H,1-4H3;2*5-6H,1-4H3;5-6H,1-4H3. The predicted molar refractivity (Wildman–Crippen MR) is 469 cm³/mol. The van der Waals surface area contributed by atoms with E-state index in [1.807, 2.05) is 172 Å². The largest absolute Gasteiger partial charge is 0.366 e. The number of amidine groups is 2. The summed E-state index contributed by atoms with van der Waals surface area (Å²) in [5.41, 5.74) is 8.21. The average molecular weight is 1650 g/mol. The van der Waals surface area contributed by atoms with Crippen molar-refractivity contribution in [3.63, 3.8) is 0 Å². The summed E-state index contributed by atoms with van der Waals surface area (Å²) in [4.78, 5) is 49.5. The third-order valence-corrected chi connectivity index (χ3v) is 22.5. The smallest absolute Gasteiger partial charge is 0.319 e. The average Bonchev–Trinajstić information content (AvgIpc) is 1.61. The fourth-order valence-electron chi connectivity index (χ4n) is 10.3. The van der Waals surface area contributed by atoms with Crippen LogP contribution in [0.2, 0.25) is 0 Å². The molecule has 0 radical (unpaired) electrons. The van der Waals surface area contributed by atoms with Gasteiger partial charge in [0.25, 0.3) is 11.2 Å². The van der Waals surface area contributed by atoms with Gasteiger partial charge in [-0.2, -0.15) is 44.6 Å². The number of hydrogen-bond donors (Lipinski definition) is 0. The molecular formula is C79H144N12O12S6. The van der Waals surface area contributed by atoms with E-state index in [4.69, 9.17) is 17.5 Å². The summed E-state index contributed by atoms with van der Waals surface area (Å²) < 4.78 is 109. The first kappa shape index (κ1) is 112. The lowest BCUT2D eigenvalue weighted by molar-refractivity contribution is -0.404. The van der Waals surface area contributed by atoms with Crippen molar-refractivity contribution in [3.8, 4) is 6.19 Å². The van der Waals surface area contributed by atoms with Crippen LogP contribution in [0.1, 0.15) is 323 Å². The number of allylic oxidation sites excluding steroid dienone is 1. The van der Waals surface area contributed by atoms with Crippen LogP contribution in [0.25, 0.3) is 0 Å². The van der Waals surface area contributed by atoms with Crippen LogP contribution >= 0.6 is 23.9 Å². The third-order valence-electron chi connectivity index (χ3n) is 15.9. The van der Waals surface area contributed by atoms with Gasteiger partial charge >= 0.3 is 20.4 Å². The fraction of sp³-hybridized carbons (Fsp3) is 0.772. The van der Waals surface area contributed by atoms with Gasteiger partial charge in [-0.1, -0.05) is 261 Å². The number of nitrogens with zero attached hydrogens (tertiary/aromatic N) is 12. The summed E-state index contributed by atoms with van der Waals surface area (Å²) in [6, 6.07) is 0. The van der Waals surface area contributed by atoms with Crippen molar-refractivity contribution in [2.45, 2.75) is 311 Å². The van der Waals surface area contributed by atoms with Crippen molar-refractivity contribution >= 4 is 116 Å². The van der Waals surface area contributed by atoms with E-state index in [1.165, 1.54) is 28.0 Å². The highest BCUT2D eigenvalue weighted by Crippen LogP contribution is 2.25. The number of ketones is 1. The third kappa shape index (κ3) is 42.8. The van der Waals surface area contributed by atoms with Crippen LogP contribution in [-0.4, -0.2) is 116 Å². The first-order chi connectivity index (χ1) is 49.2. The second-order valence-electron chi connectivity index (χ2n) is 32.8. The number of nitro groups is 1. The SMILES string of the molecule is CC(C)C(=C[N+](=O)[O-])C(C)C.CC(C)C(=NC#N)C(C)C.CC(C)C(=O)C(C)C.CC(C)C(=S)C(C)C.CC(C)C1=NS(=O)(=O)N=C(C(C)C)N1C.CC(C)C1=NS(=O)(=O)N=C1C(C)C.CC(C)C1=NS(=O)N=C1C(C)C.CC(C)S(=O)(=O)C(C)C.CC(C)c1c(C(C)C)c(=O)c1=O.CC(C)c1nsnc1C(C)C. The van der Waals surface area contributed by atoms with Gasteiger partial charge in [0, 0.05) is 53.1 Å². The molecule has 1 aromatic carbocycles. The molecule has 24 nitrogen and oxygen atoms in total. The number of carbonyl (C=O) groups is 1. The van der Waals surface area contributed by atoms with Crippen LogP contribution in [0.4, 0.5) is 0 Å². The van der Waals surface area contributed by atoms with Gasteiger partial charge in [0.05, 0.1) is 61.4 Å². The van der Waals surface area contributed by atoms with Gasteiger partial charge in [0.15, 0.2) is 9.84 Å². The Morgan fingerprint density at radius 3 is 0.936 bits per heavy atom. The van der Waals surface area contributed by atoms with E-state index in [-0.39, 0.29) is 85.5 Å². The van der Waals surface area contributed by atoms with Gasteiger partial charge in [-0.15, -0.1) is 17.6 Å². The number of thiocarbonyl (C=S) groups is 1. The second-order valence-corrected chi connectivity index (χ2v) is 40.2. The van der Waals surface area contributed by atoms with E-state index in [9.17, 15) is 54.0 Å². The maximum atomic E-state index is 11.4. The Bertz CT molecular complexity index is 3690. The van der Waals surface area contributed by atoms with Crippen LogP contribution in [-0.2, 0) is 46.2 Å². The number of nitriles is 1. The van der Waals surface area contributed by atoms with Gasteiger partial charge in [0.2, 0.25) is 23.3 Å². The van der Waals surface area contributed by atoms with E-state index in [2.05, 4.69) is 123 Å². The molecule has 0 saturated carbocycles. The Balaban J connectivity index is -0.000000370. The summed E-state index contributed by atoms with van der Waals surface area (Å²) in [5.74, 6) is 6.68. The highest BCUT2D eigenvalue weighted by Gasteiger charge is 2.30. The van der Waals surface area contributed by atoms with Gasteiger partial charge in [0.1, 0.15) is 17.5 Å². The Kier molecular flexibility index (Phi) is 54.3. The van der Waals surface area contributed by atoms with E-state index in [1.54, 1.807) is 39.6 Å². The second kappa shape index (κ2) is 52.8. The molecule has 109 heavy (non-hydrogen) atoms. The first-order valence-corrected chi connectivity index (χ1v) is 44.8. The molecule has 4 heterocycles. The Morgan fingerprint density at radius 1 is 0.486 bits per heavy atom. The van der Waals surface area contributed by atoms with E-state index < -0.39 is 41.4 Å². The quantitative estimate of drug-likeness (QED) is 0.0280. The number of aliphatic imine (C=N–C) groups is 1. The molecule has 3 aliphatic rings. The molecule has 3 aliphatic heterocycles. The van der Waals surface area contributed by atoms with Crippen molar-refractivity contribution in [1.29, 1.82) is 5.26 Å². The number of hydrogen-bond acceptors (Lipinski definition) is 19. The molecule has 0 saturated heterocycles. The maximum Gasteiger partial charge on any atom is 0.366 e. The summed E-state index contributed by atoms with van der Waals surface area (Å²) >= 11 is 5.08. The van der Waals surface area contributed by atoms with Gasteiger partial charge in [-0.3, -0.25) is 24.5 Å². The summed E-state index contributed by atoms with van der Waals surface area (Å²) in [5, 5.41) is 18.0. The highest BCUT2D eigenvalue weighted by molar-refractivity contribution is 7.92. The molecule has 0 aliphatic carbocycles. The molecule has 0 unspecified atom stereocenters. The fourth-order valence-corrected chi connectivity index (χ4v) is 15.5. The van der Waals surface area contributed by atoms with Crippen LogP contribution in [0.5, 0.6) is 0 Å². The lowest BCUT2D eigenvalue weighted by Crippen LogP contribution is -2.42. The minimum atomic E-state index is -3.67. The minimum Gasteiger partial charge on any atom is -0.319 e. The van der Waals surface area contributed by atoms with Crippen LogP contribution < -0.4 is 10.9 Å². The van der Waals surface area contributed by atoms with Gasteiger partial charge < -0.3 is 4.90 Å². The molecule has 1 aromatic heterocycles. The van der Waals surface area contributed by atoms with E-state index in [0.717, 1.165) is 40.0 Å². The summed E-state index contributed by atoms with van der Waals surface area (Å²) in [7, 11) is -8.25. The van der Waals surface area contributed by atoms with Crippen molar-refractivity contribution in [2.24, 2.45) is 114 Å². The minimum absolute atomic E-state index is 0.0639. The molecular weight excluding hydrogens is 1500 g/mol. The molecule has 0 amide bonds. The molecule has 5 rings (SSSR count). The number of rotatable bonds is 21. The first-order valence-electron chi connectivity index (χ1n) is 38.2. The Morgan fingerprint density at radius 2 is 0.780 bits per heavy atom. The zero-order chi connectivity index (χ0) is 87.5. The van der Waals surface area contributed by atoms with Crippen molar-refractivity contribution in [1.82, 2.24) is 13.6 Å². The number of sulfone groups is 1. The monoisotopic (exact) mass is 1640 g/mol. The zero-order valence-corrected chi connectivity index (χ0v) is 79.2. The molecule has 30 heteroatoms. The normalized spacial score (nSPS) is 14.4. The molecule has 2 aromatic rings. The lowest BCUT2D eigenvalue weighted by Gasteiger charge is -2.29. The topological polar surface area (TPSA) is 353 Å². The summed E-state index contributed by atoms with van der Waals surface area (Å²) in [6.07, 6.45) is 2.94. The van der Waals surface area contributed by atoms with E-state index in [0.29, 0.717) is 76.2 Å². The van der Waals surface area contributed by atoms with Crippen LogP contribution in [0, 0.1) is 104 Å². The molecule has 0 bridgehead atoms. The predicted octanol–water partition coefficient (Wildman–Crippen LogP) is 19.2. The zero-order valence-electron chi connectivity index (χ0n) is 74.3. The molecule has 0 N–H and O–H groups in total. The Hall–Kier alpha value is -5.48. The Labute approximate surface area is 673 Å².